The Bertz CT molecular complexity index is 315. The summed E-state index contributed by atoms with van der Waals surface area (Å²) in [4.78, 5) is 13.9. The van der Waals surface area contributed by atoms with Crippen molar-refractivity contribution >= 4 is 5.91 Å². The molecule has 0 bridgehead atoms. The van der Waals surface area contributed by atoms with E-state index in [4.69, 9.17) is 0 Å². The standard InChI is InChI=1S/C11H18N2O/c1-8-7-11(9(2)13-8)5-4-6-12-10(3)14/h7,13H,4-6H2,1-3H3,(H,12,14). The summed E-state index contributed by atoms with van der Waals surface area (Å²) in [6.07, 6.45) is 2.02. The van der Waals surface area contributed by atoms with Gasteiger partial charge in [-0.25, -0.2) is 0 Å². The lowest BCUT2D eigenvalue weighted by Gasteiger charge is -2.01. The van der Waals surface area contributed by atoms with E-state index in [1.165, 1.54) is 17.0 Å². The van der Waals surface area contributed by atoms with E-state index in [2.05, 4.69) is 30.2 Å². The molecule has 3 nitrogen and oxygen atoms in total. The molecule has 0 saturated carbocycles. The first-order valence-corrected chi connectivity index (χ1v) is 4.99. The van der Waals surface area contributed by atoms with Crippen molar-refractivity contribution in [3.8, 4) is 0 Å². The molecule has 0 aromatic carbocycles. The lowest BCUT2D eigenvalue weighted by Crippen LogP contribution is -2.21. The predicted octanol–water partition coefficient (Wildman–Crippen LogP) is 1.70. The van der Waals surface area contributed by atoms with Crippen molar-refractivity contribution in [1.82, 2.24) is 10.3 Å². The third kappa shape index (κ3) is 3.24. The molecular formula is C11H18N2O. The smallest absolute Gasteiger partial charge is 0.216 e. The van der Waals surface area contributed by atoms with Crippen LogP contribution < -0.4 is 5.32 Å². The molecule has 1 heterocycles. The molecule has 0 unspecified atom stereocenters. The van der Waals surface area contributed by atoms with Gasteiger partial charge in [-0.05, 0) is 38.3 Å². The maximum Gasteiger partial charge on any atom is 0.216 e. The number of H-pyrrole nitrogens is 1. The molecule has 14 heavy (non-hydrogen) atoms. The topological polar surface area (TPSA) is 44.9 Å². The minimum atomic E-state index is 0.0481. The van der Waals surface area contributed by atoms with E-state index in [0.717, 1.165) is 19.4 Å². The normalized spacial score (nSPS) is 10.2. The fourth-order valence-electron chi connectivity index (χ4n) is 1.58. The van der Waals surface area contributed by atoms with Gasteiger partial charge < -0.3 is 10.3 Å². The second kappa shape index (κ2) is 4.84. The highest BCUT2D eigenvalue weighted by Crippen LogP contribution is 2.10. The van der Waals surface area contributed by atoms with Crippen LogP contribution in [0.15, 0.2) is 6.07 Å². The molecule has 3 heteroatoms. The Morgan fingerprint density at radius 1 is 1.50 bits per heavy atom. The summed E-state index contributed by atoms with van der Waals surface area (Å²) in [5, 5.41) is 2.79. The number of carbonyl (C=O) groups is 1. The van der Waals surface area contributed by atoms with E-state index in [1.54, 1.807) is 6.92 Å². The second-order valence-electron chi connectivity index (χ2n) is 3.69. The second-order valence-corrected chi connectivity index (χ2v) is 3.69. The Labute approximate surface area is 84.9 Å². The van der Waals surface area contributed by atoms with Gasteiger partial charge in [-0.2, -0.15) is 0 Å². The van der Waals surface area contributed by atoms with E-state index < -0.39 is 0 Å². The number of aryl methyl sites for hydroxylation is 3. The highest BCUT2D eigenvalue weighted by molar-refractivity contribution is 5.72. The van der Waals surface area contributed by atoms with Gasteiger partial charge in [0.2, 0.25) is 5.91 Å². The van der Waals surface area contributed by atoms with Crippen LogP contribution in [0.3, 0.4) is 0 Å². The highest BCUT2D eigenvalue weighted by Gasteiger charge is 2.01. The van der Waals surface area contributed by atoms with Crippen molar-refractivity contribution in [3.63, 3.8) is 0 Å². The van der Waals surface area contributed by atoms with Crippen LogP contribution in [-0.2, 0) is 11.2 Å². The Balaban J connectivity index is 2.31. The number of hydrogen-bond acceptors (Lipinski definition) is 1. The summed E-state index contributed by atoms with van der Waals surface area (Å²) in [6.45, 7) is 6.45. The summed E-state index contributed by atoms with van der Waals surface area (Å²) in [5.41, 5.74) is 3.80. The fraction of sp³-hybridized carbons (Fsp3) is 0.545. The van der Waals surface area contributed by atoms with Gasteiger partial charge in [-0.1, -0.05) is 0 Å². The molecule has 1 aromatic rings. The first kappa shape index (κ1) is 10.8. The van der Waals surface area contributed by atoms with Gasteiger partial charge in [-0.3, -0.25) is 4.79 Å². The fourth-order valence-corrected chi connectivity index (χ4v) is 1.58. The number of aromatic nitrogens is 1. The molecule has 0 spiro atoms. The van der Waals surface area contributed by atoms with Crippen molar-refractivity contribution in [2.45, 2.75) is 33.6 Å². The largest absolute Gasteiger partial charge is 0.362 e. The van der Waals surface area contributed by atoms with Crippen LogP contribution in [0.5, 0.6) is 0 Å². The lowest BCUT2D eigenvalue weighted by atomic mass is 10.1. The number of aromatic amines is 1. The first-order valence-electron chi connectivity index (χ1n) is 4.99. The third-order valence-corrected chi connectivity index (χ3v) is 2.25. The zero-order valence-electron chi connectivity index (χ0n) is 9.11. The van der Waals surface area contributed by atoms with Crippen LogP contribution in [0, 0.1) is 13.8 Å². The van der Waals surface area contributed by atoms with Crippen molar-refractivity contribution in [3.05, 3.63) is 23.0 Å². The molecule has 0 radical (unpaired) electrons. The maximum atomic E-state index is 10.6. The monoisotopic (exact) mass is 194 g/mol. The Morgan fingerprint density at radius 3 is 2.71 bits per heavy atom. The van der Waals surface area contributed by atoms with Crippen LogP contribution in [0.1, 0.15) is 30.3 Å². The zero-order chi connectivity index (χ0) is 10.6. The minimum Gasteiger partial charge on any atom is -0.362 e. The van der Waals surface area contributed by atoms with Crippen molar-refractivity contribution in [2.24, 2.45) is 0 Å². The minimum absolute atomic E-state index is 0.0481. The predicted molar refractivity (Wildman–Crippen MR) is 57.3 cm³/mol. The third-order valence-electron chi connectivity index (χ3n) is 2.25. The van der Waals surface area contributed by atoms with E-state index in [0.29, 0.717) is 0 Å². The molecule has 0 saturated heterocycles. The SMILES string of the molecule is CC(=O)NCCCc1cc(C)[nH]c1C. The molecule has 1 aromatic heterocycles. The lowest BCUT2D eigenvalue weighted by molar-refractivity contribution is -0.118. The Kier molecular flexibility index (Phi) is 3.74. The summed E-state index contributed by atoms with van der Waals surface area (Å²) in [7, 11) is 0. The number of carbonyl (C=O) groups excluding carboxylic acids is 1. The molecule has 1 rings (SSSR count). The van der Waals surface area contributed by atoms with E-state index in [-0.39, 0.29) is 5.91 Å². The molecule has 0 aliphatic carbocycles. The van der Waals surface area contributed by atoms with Crippen LogP contribution in [-0.4, -0.2) is 17.4 Å². The van der Waals surface area contributed by atoms with Gasteiger partial charge >= 0.3 is 0 Å². The molecule has 0 fully saturated rings. The zero-order valence-corrected chi connectivity index (χ0v) is 9.11. The van der Waals surface area contributed by atoms with Gasteiger partial charge in [0.15, 0.2) is 0 Å². The van der Waals surface area contributed by atoms with Gasteiger partial charge in [0.25, 0.3) is 0 Å². The summed E-state index contributed by atoms with van der Waals surface area (Å²) < 4.78 is 0. The molecule has 0 aliphatic heterocycles. The molecule has 1 amide bonds. The molecule has 0 atom stereocenters. The van der Waals surface area contributed by atoms with Crippen LogP contribution in [0.4, 0.5) is 0 Å². The van der Waals surface area contributed by atoms with Gasteiger partial charge in [0.1, 0.15) is 0 Å². The molecule has 0 aliphatic rings. The number of nitrogens with one attached hydrogen (secondary N) is 2. The average Bonchev–Trinajstić information content (AvgIpc) is 2.39. The quantitative estimate of drug-likeness (QED) is 0.704. The highest BCUT2D eigenvalue weighted by atomic mass is 16.1. The van der Waals surface area contributed by atoms with E-state index in [9.17, 15) is 4.79 Å². The first-order chi connectivity index (χ1) is 6.59. The average molecular weight is 194 g/mol. The summed E-state index contributed by atoms with van der Waals surface area (Å²) in [6, 6.07) is 2.17. The van der Waals surface area contributed by atoms with E-state index >= 15 is 0 Å². The Hall–Kier alpha value is -1.25. The van der Waals surface area contributed by atoms with Crippen LogP contribution >= 0.6 is 0 Å². The summed E-state index contributed by atoms with van der Waals surface area (Å²) in [5.74, 6) is 0.0481. The Morgan fingerprint density at radius 2 is 2.21 bits per heavy atom. The molecule has 2 N–H and O–H groups in total. The van der Waals surface area contributed by atoms with E-state index in [1.807, 2.05) is 0 Å². The van der Waals surface area contributed by atoms with Gasteiger partial charge in [0, 0.05) is 24.9 Å². The molecule has 78 valence electrons. The van der Waals surface area contributed by atoms with Gasteiger partial charge in [-0.15, -0.1) is 0 Å². The number of amides is 1. The number of rotatable bonds is 4. The summed E-state index contributed by atoms with van der Waals surface area (Å²) >= 11 is 0. The van der Waals surface area contributed by atoms with Gasteiger partial charge in [0.05, 0.1) is 0 Å². The molecular weight excluding hydrogens is 176 g/mol. The van der Waals surface area contributed by atoms with Crippen LogP contribution in [0.25, 0.3) is 0 Å². The van der Waals surface area contributed by atoms with Crippen molar-refractivity contribution in [2.75, 3.05) is 6.54 Å². The van der Waals surface area contributed by atoms with Crippen LogP contribution in [0.2, 0.25) is 0 Å². The van der Waals surface area contributed by atoms with Crippen molar-refractivity contribution < 1.29 is 4.79 Å². The van der Waals surface area contributed by atoms with Crippen molar-refractivity contribution in [1.29, 1.82) is 0 Å². The number of hydrogen-bond donors (Lipinski definition) is 2. The maximum absolute atomic E-state index is 10.6.